The van der Waals surface area contributed by atoms with Gasteiger partial charge in [-0.25, -0.2) is 14.4 Å². The Morgan fingerprint density at radius 2 is 1.93 bits per heavy atom. The topological polar surface area (TPSA) is 133 Å². The van der Waals surface area contributed by atoms with Crippen LogP contribution in [0, 0.1) is 11.3 Å². The molecule has 3 heterocycles. The number of hydrogen-bond donors (Lipinski definition) is 2. The van der Waals surface area contributed by atoms with Crippen molar-refractivity contribution in [3.63, 3.8) is 0 Å². The van der Waals surface area contributed by atoms with E-state index in [-0.39, 0.29) is 30.8 Å². The maximum Gasteiger partial charge on any atom is 0.248 e. The number of carbonyl (C=O) groups excluding carboxylic acids is 1. The summed E-state index contributed by atoms with van der Waals surface area (Å²) in [5, 5.41) is 21.9. The summed E-state index contributed by atoms with van der Waals surface area (Å²) in [7, 11) is 0. The van der Waals surface area contributed by atoms with Gasteiger partial charge in [0.1, 0.15) is 30.9 Å². The number of nitrogens with one attached hydrogen (secondary N) is 1. The molecule has 3 aromatic rings. The van der Waals surface area contributed by atoms with E-state index in [1.54, 1.807) is 18.2 Å². The molecule has 2 aliphatic heterocycles. The normalized spacial score (nSPS) is 19.0. The Hall–Kier alpha value is -4.14. The summed E-state index contributed by atoms with van der Waals surface area (Å²) in [4.78, 5) is 25.9. The average molecular weight is 563 g/mol. The van der Waals surface area contributed by atoms with Crippen molar-refractivity contribution >= 4 is 17.5 Å². The molecule has 2 atom stereocenters. The minimum absolute atomic E-state index is 0.164. The number of ether oxygens (including phenoxy) is 2. The van der Waals surface area contributed by atoms with Crippen molar-refractivity contribution in [3.05, 3.63) is 59.9 Å². The van der Waals surface area contributed by atoms with E-state index in [1.807, 2.05) is 26.0 Å². The fourth-order valence-electron chi connectivity index (χ4n) is 4.86. The molecule has 5 rings (SSSR count). The molecule has 2 aliphatic rings. The van der Waals surface area contributed by atoms with Crippen LogP contribution in [0.4, 0.5) is 16.0 Å². The Labute approximate surface area is 239 Å². The number of aromatic nitrogens is 3. The van der Waals surface area contributed by atoms with Crippen LogP contribution in [0.1, 0.15) is 50.2 Å². The first-order valence-corrected chi connectivity index (χ1v) is 13.9. The Balaban J connectivity index is 0.00000189. The van der Waals surface area contributed by atoms with Gasteiger partial charge in [0.2, 0.25) is 11.9 Å². The molecule has 10 nitrogen and oxygen atoms in total. The third kappa shape index (κ3) is 7.54. The summed E-state index contributed by atoms with van der Waals surface area (Å²) in [6.07, 6.45) is 1.44. The third-order valence-electron chi connectivity index (χ3n) is 7.04. The second kappa shape index (κ2) is 14.5. The molecule has 2 saturated heterocycles. The van der Waals surface area contributed by atoms with Crippen molar-refractivity contribution in [2.45, 2.75) is 51.3 Å². The lowest BCUT2D eigenvalue weighted by molar-refractivity contribution is -0.138. The summed E-state index contributed by atoms with van der Waals surface area (Å²) in [6, 6.07) is 15.2. The molecule has 0 aliphatic carbocycles. The molecule has 0 bridgehead atoms. The molecule has 216 valence electrons. The highest BCUT2D eigenvalue weighted by atomic mass is 19.1. The molecule has 1 aromatic heterocycles. The summed E-state index contributed by atoms with van der Waals surface area (Å²) >= 11 is 0. The monoisotopic (exact) mass is 562 g/mol. The molecule has 2 fully saturated rings. The van der Waals surface area contributed by atoms with Gasteiger partial charge in [-0.05, 0) is 54.7 Å². The van der Waals surface area contributed by atoms with E-state index in [2.05, 4.69) is 38.5 Å². The van der Waals surface area contributed by atoms with E-state index in [4.69, 9.17) is 14.6 Å². The van der Waals surface area contributed by atoms with Crippen molar-refractivity contribution in [1.82, 2.24) is 19.9 Å². The van der Waals surface area contributed by atoms with Crippen LogP contribution in [0.25, 0.3) is 11.4 Å². The van der Waals surface area contributed by atoms with Crippen LogP contribution in [-0.4, -0.2) is 76.1 Å². The van der Waals surface area contributed by atoms with Crippen LogP contribution in [0.15, 0.2) is 48.8 Å². The molecule has 11 heteroatoms. The molecule has 2 N–H and O–H groups in total. The number of rotatable bonds is 7. The number of hydrogen-bond acceptors (Lipinski definition) is 9. The van der Waals surface area contributed by atoms with Crippen LogP contribution in [-0.2, 0) is 9.53 Å². The largest absolute Gasteiger partial charge is 0.486 e. The molecule has 0 saturated carbocycles. The number of benzene rings is 2. The minimum Gasteiger partial charge on any atom is -0.486 e. The predicted octanol–water partition coefficient (Wildman–Crippen LogP) is 4.38. The Kier molecular flexibility index (Phi) is 10.5. The van der Waals surface area contributed by atoms with Gasteiger partial charge >= 0.3 is 0 Å². The van der Waals surface area contributed by atoms with E-state index < -0.39 is 24.8 Å². The van der Waals surface area contributed by atoms with Crippen LogP contribution in [0.5, 0.6) is 5.75 Å². The zero-order valence-electron chi connectivity index (χ0n) is 23.3. The molecule has 2 aromatic carbocycles. The number of anilines is 2. The highest BCUT2D eigenvalue weighted by Gasteiger charge is 2.33. The first-order valence-electron chi connectivity index (χ1n) is 13.9. The lowest BCUT2D eigenvalue weighted by Gasteiger charge is -2.34. The number of aliphatic hydroxyl groups excluding tert-OH is 1. The van der Waals surface area contributed by atoms with Gasteiger partial charge in [0, 0.05) is 37.4 Å². The standard InChI is InChI=1S/C28H29FN6O4.C2H6/c29-23-15-35(26(37)16-36)10-7-25(23)39-24-6-3-20(13-21(24)14-30)27-31-17-32-28(34-27)33-22-4-1-18(2-5-22)19-8-11-38-12-9-19;1-2/h1-6,13,17,19,23,25,36H,7-12,15-16H2,(H,31,32,33,34);1-2H3/t23-,25+;/m1./s1. The van der Waals surface area contributed by atoms with Gasteiger partial charge in [0.05, 0.1) is 12.1 Å². The number of nitrogens with zero attached hydrogens (tertiary/aromatic N) is 5. The van der Waals surface area contributed by atoms with Crippen LogP contribution < -0.4 is 10.1 Å². The SMILES string of the molecule is CC.N#Cc1cc(-c2ncnc(Nc3ccc(C4CCOCC4)cc3)n2)ccc1O[C@H]1CCN(C(=O)CO)C[C@H]1F. The van der Waals surface area contributed by atoms with E-state index in [1.165, 1.54) is 16.8 Å². The molecule has 0 unspecified atom stereocenters. The molecular formula is C30H35FN6O4. The highest BCUT2D eigenvalue weighted by Crippen LogP contribution is 2.30. The minimum atomic E-state index is -1.44. The van der Waals surface area contributed by atoms with Gasteiger partial charge in [-0.15, -0.1) is 0 Å². The number of aliphatic hydroxyl groups is 1. The fraction of sp³-hybridized carbons (Fsp3) is 0.433. The molecule has 0 radical (unpaired) electrons. The van der Waals surface area contributed by atoms with Crippen molar-refractivity contribution in [1.29, 1.82) is 5.26 Å². The smallest absolute Gasteiger partial charge is 0.248 e. The molecular weight excluding hydrogens is 527 g/mol. The summed E-state index contributed by atoms with van der Waals surface area (Å²) < 4.78 is 26.0. The number of carbonyl (C=O) groups is 1. The van der Waals surface area contributed by atoms with Gasteiger partial charge in [-0.2, -0.15) is 10.2 Å². The number of halogens is 1. The fourth-order valence-corrected chi connectivity index (χ4v) is 4.86. The Morgan fingerprint density at radius 3 is 2.61 bits per heavy atom. The predicted molar refractivity (Wildman–Crippen MR) is 151 cm³/mol. The maximum absolute atomic E-state index is 14.7. The van der Waals surface area contributed by atoms with Gasteiger partial charge < -0.3 is 24.8 Å². The number of amides is 1. The van der Waals surface area contributed by atoms with Crippen LogP contribution in [0.2, 0.25) is 0 Å². The first-order chi connectivity index (χ1) is 20.0. The van der Waals surface area contributed by atoms with Crippen molar-refractivity contribution in [3.8, 4) is 23.2 Å². The number of nitriles is 1. The van der Waals surface area contributed by atoms with Crippen molar-refractivity contribution < 1.29 is 23.8 Å². The van der Waals surface area contributed by atoms with Crippen LogP contribution in [0.3, 0.4) is 0 Å². The second-order valence-electron chi connectivity index (χ2n) is 9.55. The first kappa shape index (κ1) is 29.8. The Bertz CT molecular complexity index is 1340. The zero-order chi connectivity index (χ0) is 29.2. The van der Waals surface area contributed by atoms with E-state index in [9.17, 15) is 14.4 Å². The van der Waals surface area contributed by atoms with Gasteiger partial charge in [-0.1, -0.05) is 26.0 Å². The van der Waals surface area contributed by atoms with Crippen LogP contribution >= 0.6 is 0 Å². The van der Waals surface area contributed by atoms with E-state index in [0.717, 1.165) is 31.7 Å². The Morgan fingerprint density at radius 1 is 1.17 bits per heavy atom. The lowest BCUT2D eigenvalue weighted by atomic mass is 9.92. The molecule has 0 spiro atoms. The lowest BCUT2D eigenvalue weighted by Crippen LogP contribution is -2.50. The van der Waals surface area contributed by atoms with Gasteiger partial charge in [0.25, 0.3) is 0 Å². The average Bonchev–Trinajstić information content (AvgIpc) is 3.03. The summed E-state index contributed by atoms with van der Waals surface area (Å²) in [5.74, 6) is 0.969. The quantitative estimate of drug-likeness (QED) is 0.430. The van der Waals surface area contributed by atoms with Crippen molar-refractivity contribution in [2.75, 3.05) is 38.2 Å². The summed E-state index contributed by atoms with van der Waals surface area (Å²) in [5.41, 5.74) is 2.93. The van der Waals surface area contributed by atoms with E-state index in [0.29, 0.717) is 23.3 Å². The van der Waals surface area contributed by atoms with Gasteiger partial charge in [-0.3, -0.25) is 4.79 Å². The molecule has 1 amide bonds. The molecule has 41 heavy (non-hydrogen) atoms. The highest BCUT2D eigenvalue weighted by molar-refractivity contribution is 5.77. The summed E-state index contributed by atoms with van der Waals surface area (Å²) in [6.45, 7) is 5.03. The number of alkyl halides is 1. The number of piperidine rings is 1. The number of likely N-dealkylation sites (tertiary alicyclic amines) is 1. The van der Waals surface area contributed by atoms with Crippen molar-refractivity contribution in [2.24, 2.45) is 0 Å². The van der Waals surface area contributed by atoms with E-state index >= 15 is 0 Å². The second-order valence-corrected chi connectivity index (χ2v) is 9.55. The maximum atomic E-state index is 14.7. The zero-order valence-corrected chi connectivity index (χ0v) is 23.3. The van der Waals surface area contributed by atoms with Gasteiger partial charge in [0.15, 0.2) is 12.0 Å². The third-order valence-corrected chi connectivity index (χ3v) is 7.04.